The van der Waals surface area contributed by atoms with E-state index in [1.165, 1.54) is 19.3 Å². The molecule has 1 heterocycles. The Kier molecular flexibility index (Phi) is 4.65. The Labute approximate surface area is 162 Å². The molecule has 5 heteroatoms. The number of nitrogens with zero attached hydrogens (tertiary/aromatic N) is 1. The molecule has 5 nitrogen and oxygen atoms in total. The van der Waals surface area contributed by atoms with Crippen molar-refractivity contribution >= 4 is 11.8 Å². The van der Waals surface area contributed by atoms with E-state index < -0.39 is 0 Å². The van der Waals surface area contributed by atoms with Gasteiger partial charge in [-0.3, -0.25) is 9.59 Å². The zero-order valence-electron chi connectivity index (χ0n) is 17.2. The molecule has 3 fully saturated rings. The molecule has 0 aromatic carbocycles. The SMILES string of the molecule is COCC(=O)N[C@H]1CC[C@H]2[C@@H]3CC[C@H]4N(C)C(=O)C=C[C@]4(C)[C@H]3CC[C@]12C. The maximum atomic E-state index is 12.2. The van der Waals surface area contributed by atoms with Crippen LogP contribution in [-0.2, 0) is 14.3 Å². The summed E-state index contributed by atoms with van der Waals surface area (Å²) >= 11 is 0. The Bertz CT molecular complexity index is 662. The maximum absolute atomic E-state index is 12.2. The molecule has 3 aliphatic carbocycles. The molecule has 0 bridgehead atoms. The van der Waals surface area contributed by atoms with Gasteiger partial charge in [0.1, 0.15) is 6.61 Å². The second-order valence-electron chi connectivity index (χ2n) is 9.79. The number of hydrogen-bond donors (Lipinski definition) is 1. The molecule has 0 unspecified atom stereocenters. The van der Waals surface area contributed by atoms with Gasteiger partial charge in [-0.25, -0.2) is 0 Å². The fourth-order valence-electron chi connectivity index (χ4n) is 7.34. The van der Waals surface area contributed by atoms with Gasteiger partial charge in [0.05, 0.1) is 0 Å². The molecular formula is C22H34N2O3. The third-order valence-corrected chi connectivity index (χ3v) is 8.74. The Morgan fingerprint density at radius 2 is 2.00 bits per heavy atom. The molecule has 27 heavy (non-hydrogen) atoms. The van der Waals surface area contributed by atoms with E-state index >= 15 is 0 Å². The van der Waals surface area contributed by atoms with Gasteiger partial charge in [-0.15, -0.1) is 0 Å². The van der Waals surface area contributed by atoms with E-state index in [1.807, 2.05) is 11.9 Å². The zero-order valence-corrected chi connectivity index (χ0v) is 17.2. The number of nitrogens with one attached hydrogen (secondary N) is 1. The summed E-state index contributed by atoms with van der Waals surface area (Å²) in [6, 6.07) is 0.599. The van der Waals surface area contributed by atoms with Crippen molar-refractivity contribution in [2.45, 2.75) is 64.5 Å². The lowest BCUT2D eigenvalue weighted by molar-refractivity contribution is -0.138. The number of methoxy groups -OCH3 is 1. The number of carbonyl (C=O) groups excluding carboxylic acids is 2. The summed E-state index contributed by atoms with van der Waals surface area (Å²) in [7, 11) is 3.54. The van der Waals surface area contributed by atoms with Crippen molar-refractivity contribution < 1.29 is 14.3 Å². The molecule has 0 aromatic heterocycles. The van der Waals surface area contributed by atoms with Crippen LogP contribution in [0.2, 0.25) is 0 Å². The van der Waals surface area contributed by atoms with E-state index in [9.17, 15) is 9.59 Å². The molecule has 0 radical (unpaired) electrons. The van der Waals surface area contributed by atoms with E-state index in [2.05, 4.69) is 25.2 Å². The average molecular weight is 375 g/mol. The van der Waals surface area contributed by atoms with Gasteiger partial charge in [-0.2, -0.15) is 0 Å². The summed E-state index contributed by atoms with van der Waals surface area (Å²) in [4.78, 5) is 26.3. The second kappa shape index (κ2) is 6.61. The third kappa shape index (κ3) is 2.76. The first-order valence-electron chi connectivity index (χ1n) is 10.6. The number of ether oxygens (including phenoxy) is 1. The van der Waals surface area contributed by atoms with Crippen LogP contribution in [0, 0.1) is 28.6 Å². The van der Waals surface area contributed by atoms with Gasteiger partial charge in [0.15, 0.2) is 0 Å². The molecule has 0 spiro atoms. The van der Waals surface area contributed by atoms with Crippen LogP contribution in [0.3, 0.4) is 0 Å². The highest BCUT2D eigenvalue weighted by atomic mass is 16.5. The van der Waals surface area contributed by atoms with Gasteiger partial charge in [0.25, 0.3) is 0 Å². The van der Waals surface area contributed by atoms with Crippen LogP contribution in [0.5, 0.6) is 0 Å². The largest absolute Gasteiger partial charge is 0.375 e. The predicted octanol–water partition coefficient (Wildman–Crippen LogP) is 2.76. The first kappa shape index (κ1) is 19.0. The minimum Gasteiger partial charge on any atom is -0.375 e. The lowest BCUT2D eigenvalue weighted by Gasteiger charge is -2.60. The Balaban J connectivity index is 1.57. The average Bonchev–Trinajstić information content (AvgIpc) is 2.95. The van der Waals surface area contributed by atoms with Gasteiger partial charge < -0.3 is 15.0 Å². The van der Waals surface area contributed by atoms with E-state index in [4.69, 9.17) is 4.74 Å². The maximum Gasteiger partial charge on any atom is 0.246 e. The monoisotopic (exact) mass is 374 g/mol. The molecule has 1 N–H and O–H groups in total. The first-order valence-corrected chi connectivity index (χ1v) is 10.6. The zero-order chi connectivity index (χ0) is 19.4. The quantitative estimate of drug-likeness (QED) is 0.826. The number of rotatable bonds is 3. The summed E-state index contributed by atoms with van der Waals surface area (Å²) in [5.41, 5.74) is 0.276. The lowest BCUT2D eigenvalue weighted by atomic mass is 9.48. The number of carbonyl (C=O) groups is 2. The van der Waals surface area contributed by atoms with E-state index in [1.54, 1.807) is 13.2 Å². The van der Waals surface area contributed by atoms with Crippen LogP contribution in [0.1, 0.15) is 52.4 Å². The molecule has 0 aromatic rings. The predicted molar refractivity (Wildman–Crippen MR) is 104 cm³/mol. The van der Waals surface area contributed by atoms with Crippen molar-refractivity contribution in [3.63, 3.8) is 0 Å². The summed E-state index contributed by atoms with van der Waals surface area (Å²) in [6.45, 7) is 4.93. The minimum atomic E-state index is 0.0116. The summed E-state index contributed by atoms with van der Waals surface area (Å²) in [5, 5.41) is 3.26. The molecule has 3 saturated carbocycles. The molecule has 0 saturated heterocycles. The first-order chi connectivity index (χ1) is 12.8. The van der Waals surface area contributed by atoms with Crippen LogP contribution < -0.4 is 5.32 Å². The number of amides is 2. The molecule has 2 amide bonds. The van der Waals surface area contributed by atoms with Crippen molar-refractivity contribution in [1.82, 2.24) is 10.2 Å². The normalized spacial score (nSPS) is 45.9. The van der Waals surface area contributed by atoms with Gasteiger partial charge >= 0.3 is 0 Å². The highest BCUT2D eigenvalue weighted by molar-refractivity contribution is 5.89. The second-order valence-corrected chi connectivity index (χ2v) is 9.79. The highest BCUT2D eigenvalue weighted by Gasteiger charge is 2.60. The van der Waals surface area contributed by atoms with Crippen molar-refractivity contribution in [3.05, 3.63) is 12.2 Å². The number of likely N-dealkylation sites (N-methyl/N-ethyl adjacent to an activating group) is 1. The van der Waals surface area contributed by atoms with Gasteiger partial charge in [0.2, 0.25) is 11.8 Å². The number of hydrogen-bond acceptors (Lipinski definition) is 3. The van der Waals surface area contributed by atoms with Crippen molar-refractivity contribution in [3.8, 4) is 0 Å². The summed E-state index contributed by atoms with van der Waals surface area (Å²) in [6.07, 6.45) is 11.0. The Morgan fingerprint density at radius 3 is 2.74 bits per heavy atom. The van der Waals surface area contributed by atoms with Crippen LogP contribution in [0.4, 0.5) is 0 Å². The van der Waals surface area contributed by atoms with E-state index in [0.717, 1.165) is 19.3 Å². The Hall–Kier alpha value is -1.36. The standard InChI is InChI=1S/C22H34N2O3/c1-21-11-9-16-14(15(21)6-7-17(21)23-19(25)13-27-4)5-8-18-22(16,2)12-10-20(26)24(18)3/h10,12,14-18H,5-9,11,13H2,1-4H3,(H,23,25)/t14-,15-,16-,17-,18+,21-,22+/m0/s1. The molecule has 4 rings (SSSR count). The molecular weight excluding hydrogens is 340 g/mol. The molecule has 1 aliphatic heterocycles. The smallest absolute Gasteiger partial charge is 0.246 e. The van der Waals surface area contributed by atoms with Gasteiger partial charge in [0, 0.05) is 31.7 Å². The fraction of sp³-hybridized carbons (Fsp3) is 0.818. The van der Waals surface area contributed by atoms with Crippen molar-refractivity contribution in [2.24, 2.45) is 28.6 Å². The molecule has 4 aliphatic rings. The summed E-state index contributed by atoms with van der Waals surface area (Å²) < 4.78 is 5.01. The lowest BCUT2D eigenvalue weighted by Crippen LogP contribution is -2.60. The number of fused-ring (bicyclic) bond motifs is 5. The highest BCUT2D eigenvalue weighted by Crippen LogP contribution is 2.63. The Morgan fingerprint density at radius 1 is 1.22 bits per heavy atom. The summed E-state index contributed by atoms with van der Waals surface area (Å²) in [5.74, 6) is 2.16. The van der Waals surface area contributed by atoms with E-state index in [-0.39, 0.29) is 35.3 Å². The van der Waals surface area contributed by atoms with Crippen LogP contribution in [0.25, 0.3) is 0 Å². The van der Waals surface area contributed by atoms with Crippen LogP contribution in [-0.4, -0.2) is 49.6 Å². The van der Waals surface area contributed by atoms with E-state index in [0.29, 0.717) is 23.8 Å². The van der Waals surface area contributed by atoms with Crippen LogP contribution >= 0.6 is 0 Å². The van der Waals surface area contributed by atoms with Crippen molar-refractivity contribution in [1.29, 1.82) is 0 Å². The molecule has 150 valence electrons. The van der Waals surface area contributed by atoms with Gasteiger partial charge in [-0.05, 0) is 67.8 Å². The van der Waals surface area contributed by atoms with Crippen molar-refractivity contribution in [2.75, 3.05) is 20.8 Å². The van der Waals surface area contributed by atoms with Crippen LogP contribution in [0.15, 0.2) is 12.2 Å². The topological polar surface area (TPSA) is 58.6 Å². The molecule has 7 atom stereocenters. The third-order valence-electron chi connectivity index (χ3n) is 8.74. The fourth-order valence-corrected chi connectivity index (χ4v) is 7.34. The van der Waals surface area contributed by atoms with Gasteiger partial charge in [-0.1, -0.05) is 19.9 Å². The minimum absolute atomic E-state index is 0.0116.